The molecule has 0 saturated carbocycles. The van der Waals surface area contributed by atoms with Crippen LogP contribution in [0, 0.1) is 0 Å². The van der Waals surface area contributed by atoms with E-state index in [4.69, 9.17) is 38.9 Å². The number of rotatable bonds is 2. The first-order valence-corrected chi connectivity index (χ1v) is 11.0. The zero-order chi connectivity index (χ0) is 23.5. The summed E-state index contributed by atoms with van der Waals surface area (Å²) in [6.07, 6.45) is 0. The van der Waals surface area contributed by atoms with E-state index in [1.807, 2.05) is 57.2 Å². The molecule has 0 unspecified atom stereocenters. The van der Waals surface area contributed by atoms with Crippen molar-refractivity contribution in [2.75, 3.05) is 5.73 Å². The average molecular weight is 479 g/mol. The number of H-pyrrole nitrogens is 1. The van der Waals surface area contributed by atoms with Gasteiger partial charge in [-0.25, -0.2) is 24.3 Å². The van der Waals surface area contributed by atoms with Crippen LogP contribution in [0.15, 0.2) is 53.3 Å². The minimum absolute atomic E-state index is 0.344. The van der Waals surface area contributed by atoms with Gasteiger partial charge in [-0.2, -0.15) is 5.10 Å². The highest BCUT2D eigenvalue weighted by atomic mass is 35.5. The number of aromatic nitrogens is 5. The van der Waals surface area contributed by atoms with Crippen molar-refractivity contribution in [1.29, 1.82) is 0 Å². The van der Waals surface area contributed by atoms with E-state index in [1.54, 1.807) is 12.1 Å². The summed E-state index contributed by atoms with van der Waals surface area (Å²) in [5.41, 5.74) is 9.68. The van der Waals surface area contributed by atoms with Crippen molar-refractivity contribution in [3.63, 3.8) is 0 Å². The first-order valence-electron chi connectivity index (χ1n) is 10.3. The Kier molecular flexibility index (Phi) is 4.92. The van der Waals surface area contributed by atoms with Crippen molar-refractivity contribution in [3.05, 3.63) is 74.9 Å². The summed E-state index contributed by atoms with van der Waals surface area (Å²) < 4.78 is 1.51. The lowest BCUT2D eigenvalue weighted by atomic mass is 9.95. The number of anilines is 1. The van der Waals surface area contributed by atoms with E-state index in [0.29, 0.717) is 43.9 Å². The minimum Gasteiger partial charge on any atom is -0.399 e. The second-order valence-corrected chi connectivity index (χ2v) is 9.72. The predicted molar refractivity (Wildman–Crippen MR) is 133 cm³/mol. The Bertz CT molecular complexity index is 1600. The topological polar surface area (TPSA) is 102 Å². The Labute approximate surface area is 199 Å². The molecule has 166 valence electrons. The molecule has 0 amide bonds. The second kappa shape index (κ2) is 7.57. The number of hydrogen-bond donors (Lipinski definition) is 2. The normalized spacial score (nSPS) is 12.0. The molecule has 0 saturated heterocycles. The van der Waals surface area contributed by atoms with Gasteiger partial charge in [0, 0.05) is 27.3 Å². The molecule has 7 nitrogen and oxygen atoms in total. The van der Waals surface area contributed by atoms with Crippen LogP contribution in [-0.2, 0) is 5.41 Å². The van der Waals surface area contributed by atoms with E-state index in [-0.39, 0.29) is 5.69 Å². The number of nitrogens with one attached hydrogen (secondary N) is 1. The fraction of sp³-hybridized carbons (Fsp3) is 0.167. The molecule has 0 bridgehead atoms. The van der Waals surface area contributed by atoms with Crippen molar-refractivity contribution in [2.24, 2.45) is 0 Å². The van der Waals surface area contributed by atoms with Gasteiger partial charge in [0.05, 0.1) is 16.1 Å². The standard InChI is InChI=1S/C24H20Cl2N6O/c1-24(2,3)22-29-20-17(21-30-31-23(33)32(21)22)11-16(12-4-6-13(25)7-5-12)19(28-20)15-9-8-14(27)10-18(15)26/h4-11H,27H2,1-3H3,(H,31,33). The molecule has 0 fully saturated rings. The van der Waals surface area contributed by atoms with Gasteiger partial charge in [-0.1, -0.05) is 56.1 Å². The fourth-order valence-corrected chi connectivity index (χ4v) is 4.26. The molecule has 0 aliphatic heterocycles. The highest BCUT2D eigenvalue weighted by Crippen LogP contribution is 2.38. The van der Waals surface area contributed by atoms with E-state index < -0.39 is 5.41 Å². The number of nitrogens with zero attached hydrogens (tertiary/aromatic N) is 4. The van der Waals surface area contributed by atoms with E-state index in [0.717, 1.165) is 16.7 Å². The predicted octanol–water partition coefficient (Wildman–Crippen LogP) is 5.49. The molecule has 9 heteroatoms. The zero-order valence-corrected chi connectivity index (χ0v) is 19.7. The SMILES string of the molecule is CC(C)(C)c1nc2nc(-c3ccc(N)cc3Cl)c(-c3ccc(Cl)cc3)cc2c2n[nH]c(=O)n12. The summed E-state index contributed by atoms with van der Waals surface area (Å²) in [6.45, 7) is 5.96. The molecule has 2 aromatic carbocycles. The molecule has 33 heavy (non-hydrogen) atoms. The largest absolute Gasteiger partial charge is 0.399 e. The second-order valence-electron chi connectivity index (χ2n) is 8.88. The van der Waals surface area contributed by atoms with E-state index in [1.165, 1.54) is 4.40 Å². The lowest BCUT2D eigenvalue weighted by Gasteiger charge is -2.20. The van der Waals surface area contributed by atoms with Crippen molar-refractivity contribution in [1.82, 2.24) is 24.6 Å². The van der Waals surface area contributed by atoms with Crippen LogP contribution in [0.5, 0.6) is 0 Å². The van der Waals surface area contributed by atoms with Gasteiger partial charge >= 0.3 is 5.69 Å². The van der Waals surface area contributed by atoms with Crippen molar-refractivity contribution < 1.29 is 0 Å². The maximum absolute atomic E-state index is 12.6. The minimum atomic E-state index is -0.421. The Balaban J connectivity index is 1.93. The fourth-order valence-electron chi connectivity index (χ4n) is 3.86. The Morgan fingerprint density at radius 3 is 2.36 bits per heavy atom. The summed E-state index contributed by atoms with van der Waals surface area (Å²) in [6, 6.07) is 14.7. The van der Waals surface area contributed by atoms with Gasteiger partial charge in [-0.05, 0) is 42.0 Å². The van der Waals surface area contributed by atoms with Crippen molar-refractivity contribution in [3.8, 4) is 22.4 Å². The highest BCUT2D eigenvalue weighted by molar-refractivity contribution is 6.33. The number of benzene rings is 2. The Morgan fingerprint density at radius 2 is 1.70 bits per heavy atom. The third-order valence-corrected chi connectivity index (χ3v) is 5.98. The number of halogens is 2. The summed E-state index contributed by atoms with van der Waals surface area (Å²) in [7, 11) is 0. The zero-order valence-electron chi connectivity index (χ0n) is 18.1. The number of pyridine rings is 1. The van der Waals surface area contributed by atoms with Crippen LogP contribution >= 0.6 is 23.2 Å². The summed E-state index contributed by atoms with van der Waals surface area (Å²) in [4.78, 5) is 22.3. The molecule has 3 aromatic heterocycles. The lowest BCUT2D eigenvalue weighted by molar-refractivity contribution is 0.535. The van der Waals surface area contributed by atoms with Crippen molar-refractivity contribution in [2.45, 2.75) is 26.2 Å². The monoisotopic (exact) mass is 478 g/mol. The van der Waals surface area contributed by atoms with E-state index in [9.17, 15) is 4.79 Å². The number of aromatic amines is 1. The van der Waals surface area contributed by atoms with Gasteiger partial charge in [0.25, 0.3) is 0 Å². The molecule has 0 aliphatic carbocycles. The van der Waals surface area contributed by atoms with Crippen LogP contribution in [0.3, 0.4) is 0 Å². The quantitative estimate of drug-likeness (QED) is 0.326. The van der Waals surface area contributed by atoms with Gasteiger partial charge in [0.15, 0.2) is 11.3 Å². The molecule has 5 rings (SSSR count). The van der Waals surface area contributed by atoms with Crippen LogP contribution in [0.2, 0.25) is 10.0 Å². The van der Waals surface area contributed by atoms with Gasteiger partial charge in [0.1, 0.15) is 5.82 Å². The summed E-state index contributed by atoms with van der Waals surface area (Å²) in [5.74, 6) is 0.560. The van der Waals surface area contributed by atoms with E-state index >= 15 is 0 Å². The Hall–Kier alpha value is -3.42. The maximum Gasteiger partial charge on any atom is 0.349 e. The average Bonchev–Trinajstić information content (AvgIpc) is 3.14. The van der Waals surface area contributed by atoms with Crippen LogP contribution in [0.4, 0.5) is 5.69 Å². The van der Waals surface area contributed by atoms with Gasteiger partial charge in [-0.3, -0.25) is 0 Å². The van der Waals surface area contributed by atoms with Crippen LogP contribution < -0.4 is 11.4 Å². The maximum atomic E-state index is 12.6. The van der Waals surface area contributed by atoms with E-state index in [2.05, 4.69) is 10.2 Å². The number of nitrogen functional groups attached to an aromatic ring is 1. The van der Waals surface area contributed by atoms with Gasteiger partial charge < -0.3 is 5.73 Å². The first kappa shape index (κ1) is 21.4. The molecule has 0 aliphatic rings. The molecule has 0 atom stereocenters. The van der Waals surface area contributed by atoms with Gasteiger partial charge in [-0.15, -0.1) is 0 Å². The summed E-state index contributed by atoms with van der Waals surface area (Å²) >= 11 is 12.7. The molecule has 5 aromatic rings. The van der Waals surface area contributed by atoms with Crippen LogP contribution in [-0.4, -0.2) is 24.6 Å². The van der Waals surface area contributed by atoms with Gasteiger partial charge in [0.2, 0.25) is 0 Å². The lowest BCUT2D eigenvalue weighted by Crippen LogP contribution is -2.25. The smallest absolute Gasteiger partial charge is 0.349 e. The molecule has 0 spiro atoms. The van der Waals surface area contributed by atoms with Crippen LogP contribution in [0.1, 0.15) is 26.6 Å². The number of fused-ring (bicyclic) bond motifs is 3. The molecular formula is C24H20Cl2N6O. The van der Waals surface area contributed by atoms with Crippen molar-refractivity contribution >= 4 is 45.6 Å². The highest BCUT2D eigenvalue weighted by Gasteiger charge is 2.25. The molecule has 0 radical (unpaired) electrons. The third-order valence-electron chi connectivity index (χ3n) is 5.41. The number of nitrogens with two attached hydrogens (primary N) is 1. The Morgan fingerprint density at radius 1 is 0.970 bits per heavy atom. The number of hydrogen-bond acceptors (Lipinski definition) is 5. The molecule has 3 N–H and O–H groups in total. The van der Waals surface area contributed by atoms with Crippen LogP contribution in [0.25, 0.3) is 39.1 Å². The third kappa shape index (κ3) is 3.63. The summed E-state index contributed by atoms with van der Waals surface area (Å²) in [5, 5.41) is 8.57. The molecule has 3 heterocycles. The first-order chi connectivity index (χ1) is 15.6. The molecular weight excluding hydrogens is 459 g/mol.